The summed E-state index contributed by atoms with van der Waals surface area (Å²) in [6.45, 7) is 7.51. The number of aliphatic hydroxyl groups excluding tert-OH is 1. The van der Waals surface area contributed by atoms with E-state index in [1.807, 2.05) is 0 Å². The van der Waals surface area contributed by atoms with E-state index in [0.29, 0.717) is 4.57 Å². The van der Waals surface area contributed by atoms with Crippen molar-refractivity contribution in [1.82, 2.24) is 9.55 Å². The van der Waals surface area contributed by atoms with E-state index in [9.17, 15) is 24.3 Å². The maximum atomic E-state index is 15.0. The highest BCUT2D eigenvalue weighted by molar-refractivity contribution is 5.88. The molecule has 14 heteroatoms. The molecule has 0 spiro atoms. The van der Waals surface area contributed by atoms with E-state index in [1.54, 1.807) is 20.8 Å². The molecule has 1 unspecified atom stereocenters. The number of hydrogen-bond acceptors (Lipinski definition) is 10. The Balaban J connectivity index is 2.17. The lowest BCUT2D eigenvalue weighted by Gasteiger charge is -2.24. The monoisotopic (exact) mass is 489 g/mol. The molecule has 12 nitrogen and oxygen atoms in total. The van der Waals surface area contributed by atoms with Gasteiger partial charge in [0.25, 0.3) is 0 Å². The third-order valence-corrected chi connectivity index (χ3v) is 4.17. The van der Waals surface area contributed by atoms with Gasteiger partial charge in [0.05, 0.1) is 6.61 Å². The Morgan fingerprint density at radius 2 is 2.00 bits per heavy atom. The van der Waals surface area contributed by atoms with Gasteiger partial charge in [-0.3, -0.25) is 9.88 Å². The van der Waals surface area contributed by atoms with Crippen LogP contribution in [0.3, 0.4) is 0 Å². The number of hydrogen-bond donors (Lipinski definition) is 2. The van der Waals surface area contributed by atoms with Crippen LogP contribution in [-0.2, 0) is 28.5 Å². The van der Waals surface area contributed by atoms with Crippen molar-refractivity contribution in [2.45, 2.75) is 57.7 Å². The van der Waals surface area contributed by atoms with Gasteiger partial charge in [-0.25, -0.2) is 19.2 Å². The quantitative estimate of drug-likeness (QED) is 0.324. The molecule has 3 atom stereocenters. The third kappa shape index (κ3) is 6.57. The second-order valence-corrected chi connectivity index (χ2v) is 8.28. The van der Waals surface area contributed by atoms with Gasteiger partial charge in [-0.05, 0) is 33.8 Å². The van der Waals surface area contributed by atoms with Crippen LogP contribution < -0.4 is 11.0 Å². The Morgan fingerprint density at radius 1 is 1.35 bits per heavy atom. The molecular formula is C20H25F2N3O9. The number of carbonyl (C=O) groups is 3. The SMILES string of the molecule is C=C(C)C(=O)OCC(=O)OC1[C@@H](CO)O[C@@H](n2ccc(NC(=O)OC(C)(C)C)nc2=O)C1(F)F. The predicted molar refractivity (Wildman–Crippen MR) is 110 cm³/mol. The molecule has 1 amide bonds. The van der Waals surface area contributed by atoms with Gasteiger partial charge in [0, 0.05) is 11.8 Å². The first-order chi connectivity index (χ1) is 15.7. The fourth-order valence-electron chi connectivity index (χ4n) is 2.75. The molecule has 2 N–H and O–H groups in total. The summed E-state index contributed by atoms with van der Waals surface area (Å²) in [6.07, 6.45) is -6.33. The summed E-state index contributed by atoms with van der Waals surface area (Å²) >= 11 is 0. The summed E-state index contributed by atoms with van der Waals surface area (Å²) in [4.78, 5) is 50.9. The van der Waals surface area contributed by atoms with Crippen molar-refractivity contribution < 1.29 is 47.2 Å². The molecule has 1 saturated heterocycles. The maximum Gasteiger partial charge on any atom is 0.413 e. The number of aliphatic hydroxyl groups is 1. The molecular weight excluding hydrogens is 464 g/mol. The van der Waals surface area contributed by atoms with Crippen molar-refractivity contribution in [3.63, 3.8) is 0 Å². The second-order valence-electron chi connectivity index (χ2n) is 8.28. The summed E-state index contributed by atoms with van der Waals surface area (Å²) in [5.74, 6) is -6.52. The van der Waals surface area contributed by atoms with E-state index in [2.05, 4.69) is 26.4 Å². The Kier molecular flexibility index (Phi) is 8.10. The van der Waals surface area contributed by atoms with Crippen molar-refractivity contribution >= 4 is 23.8 Å². The molecule has 0 radical (unpaired) electrons. The summed E-state index contributed by atoms with van der Waals surface area (Å²) in [5, 5.41) is 11.6. The minimum absolute atomic E-state index is 0.0212. The van der Waals surface area contributed by atoms with E-state index in [1.165, 1.54) is 6.92 Å². The lowest BCUT2D eigenvalue weighted by Crippen LogP contribution is -2.45. The lowest BCUT2D eigenvalue weighted by molar-refractivity contribution is -0.181. The fourth-order valence-corrected chi connectivity index (χ4v) is 2.75. The van der Waals surface area contributed by atoms with E-state index in [-0.39, 0.29) is 11.4 Å². The van der Waals surface area contributed by atoms with Crippen LogP contribution in [-0.4, -0.2) is 69.6 Å². The van der Waals surface area contributed by atoms with Crippen molar-refractivity contribution in [2.75, 3.05) is 18.5 Å². The van der Waals surface area contributed by atoms with Gasteiger partial charge in [-0.2, -0.15) is 13.8 Å². The number of carbonyl (C=O) groups excluding carboxylic acids is 3. The Bertz CT molecular complexity index is 1020. The minimum Gasteiger partial charge on any atom is -0.450 e. The summed E-state index contributed by atoms with van der Waals surface area (Å²) in [6, 6.07) is 1.05. The number of nitrogens with one attached hydrogen (secondary N) is 1. The van der Waals surface area contributed by atoms with Crippen LogP contribution in [0.4, 0.5) is 19.4 Å². The largest absolute Gasteiger partial charge is 0.450 e. The highest BCUT2D eigenvalue weighted by Gasteiger charge is 2.62. The fraction of sp³-hybridized carbons (Fsp3) is 0.550. The van der Waals surface area contributed by atoms with Gasteiger partial charge in [0.15, 0.2) is 12.7 Å². The van der Waals surface area contributed by atoms with E-state index >= 15 is 8.78 Å². The number of rotatable bonds is 7. The van der Waals surface area contributed by atoms with Gasteiger partial charge in [0.2, 0.25) is 6.23 Å². The summed E-state index contributed by atoms with van der Waals surface area (Å²) in [5.41, 5.74) is -2.07. The highest BCUT2D eigenvalue weighted by atomic mass is 19.3. The molecule has 1 aromatic rings. The van der Waals surface area contributed by atoms with E-state index in [4.69, 9.17) is 9.47 Å². The van der Waals surface area contributed by atoms with Crippen LogP contribution in [0.2, 0.25) is 0 Å². The number of alkyl halides is 2. The van der Waals surface area contributed by atoms with Gasteiger partial charge < -0.3 is 24.1 Å². The molecule has 34 heavy (non-hydrogen) atoms. The maximum absolute atomic E-state index is 15.0. The van der Waals surface area contributed by atoms with Crippen molar-refractivity contribution in [3.05, 3.63) is 34.9 Å². The Labute approximate surface area is 192 Å². The standard InChI is InChI=1S/C20H25F2N3O9/c1-10(2)15(28)31-9-13(27)33-14-11(8-26)32-16(20(14,21)22)25-7-6-12(23-17(25)29)24-18(30)34-19(3,4)5/h6-7,11,14,16,26H,1,8-9H2,2-5H3,(H,23,24,29,30)/t11-,14?,16-/m1/s1. The van der Waals surface area contributed by atoms with Crippen molar-refractivity contribution in [1.29, 1.82) is 0 Å². The van der Waals surface area contributed by atoms with Crippen LogP contribution in [0.15, 0.2) is 29.2 Å². The molecule has 0 aliphatic carbocycles. The number of esters is 2. The summed E-state index contributed by atoms with van der Waals surface area (Å²) < 4.78 is 49.8. The Hall–Kier alpha value is -3.39. The highest BCUT2D eigenvalue weighted by Crippen LogP contribution is 2.43. The van der Waals surface area contributed by atoms with Crippen LogP contribution in [0.25, 0.3) is 0 Å². The summed E-state index contributed by atoms with van der Waals surface area (Å²) in [7, 11) is 0. The second kappa shape index (κ2) is 10.3. The number of anilines is 1. The topological polar surface area (TPSA) is 155 Å². The molecule has 0 saturated carbocycles. The molecule has 0 bridgehead atoms. The van der Waals surface area contributed by atoms with Crippen molar-refractivity contribution in [2.24, 2.45) is 0 Å². The van der Waals surface area contributed by atoms with Gasteiger partial charge in [0.1, 0.15) is 17.5 Å². The number of nitrogens with zero attached hydrogens (tertiary/aromatic N) is 2. The van der Waals surface area contributed by atoms with Crippen LogP contribution in [0.5, 0.6) is 0 Å². The molecule has 0 aromatic carbocycles. The molecule has 1 aliphatic rings. The average molecular weight is 489 g/mol. The molecule has 2 heterocycles. The van der Waals surface area contributed by atoms with E-state index in [0.717, 1.165) is 12.3 Å². The normalized spacial score (nSPS) is 21.4. The first-order valence-electron chi connectivity index (χ1n) is 9.91. The number of halogens is 2. The van der Waals surface area contributed by atoms with E-state index < -0.39 is 66.9 Å². The number of aromatic nitrogens is 2. The Morgan fingerprint density at radius 3 is 2.53 bits per heavy atom. The zero-order valence-electron chi connectivity index (χ0n) is 18.9. The third-order valence-electron chi connectivity index (χ3n) is 4.17. The average Bonchev–Trinajstić information content (AvgIpc) is 2.94. The van der Waals surface area contributed by atoms with Crippen LogP contribution in [0.1, 0.15) is 33.9 Å². The first-order valence-corrected chi connectivity index (χ1v) is 9.91. The first kappa shape index (κ1) is 26.9. The number of ether oxygens (including phenoxy) is 4. The molecule has 1 aliphatic heterocycles. The van der Waals surface area contributed by atoms with Gasteiger partial charge in [-0.1, -0.05) is 6.58 Å². The van der Waals surface area contributed by atoms with Gasteiger partial charge >= 0.3 is 29.6 Å². The molecule has 1 fully saturated rings. The molecule has 2 rings (SSSR count). The molecule has 1 aromatic heterocycles. The van der Waals surface area contributed by atoms with Crippen LogP contribution >= 0.6 is 0 Å². The zero-order valence-corrected chi connectivity index (χ0v) is 18.9. The van der Waals surface area contributed by atoms with Gasteiger partial charge in [-0.15, -0.1) is 0 Å². The zero-order chi connectivity index (χ0) is 25.8. The minimum atomic E-state index is -3.99. The predicted octanol–water partition coefficient (Wildman–Crippen LogP) is 1.15. The smallest absolute Gasteiger partial charge is 0.413 e. The lowest BCUT2D eigenvalue weighted by atomic mass is 10.1. The van der Waals surface area contributed by atoms with Crippen LogP contribution in [0, 0.1) is 0 Å². The number of amides is 1. The van der Waals surface area contributed by atoms with Crippen molar-refractivity contribution in [3.8, 4) is 0 Å². The molecule has 188 valence electrons.